The fourth-order valence-electron chi connectivity index (χ4n) is 1.57. The van der Waals surface area contributed by atoms with Crippen LogP contribution in [0.2, 0.25) is 0 Å². The van der Waals surface area contributed by atoms with Gasteiger partial charge in [-0.05, 0) is 38.0 Å². The highest BCUT2D eigenvalue weighted by molar-refractivity contribution is 5.75. The largest absolute Gasteiger partial charge is 0.375 e. The second-order valence-corrected chi connectivity index (χ2v) is 4.06. The molecule has 1 aromatic carbocycles. The average molecular weight is 223 g/mol. The van der Waals surface area contributed by atoms with Crippen LogP contribution in [0.3, 0.4) is 0 Å². The number of rotatable bonds is 6. The van der Waals surface area contributed by atoms with E-state index in [2.05, 4.69) is 0 Å². The first kappa shape index (κ1) is 12.7. The molecule has 0 N–H and O–H groups in total. The van der Waals surface area contributed by atoms with E-state index in [9.17, 15) is 9.18 Å². The molecule has 0 atom stereocenters. The Morgan fingerprint density at radius 3 is 2.75 bits per heavy atom. The van der Waals surface area contributed by atoms with Crippen LogP contribution in [0.1, 0.15) is 26.2 Å². The van der Waals surface area contributed by atoms with E-state index < -0.39 is 0 Å². The molecular weight excluding hydrogens is 205 g/mol. The lowest BCUT2D eigenvalue weighted by Gasteiger charge is -2.18. The van der Waals surface area contributed by atoms with E-state index >= 15 is 0 Å². The van der Waals surface area contributed by atoms with Gasteiger partial charge in [0, 0.05) is 25.7 Å². The van der Waals surface area contributed by atoms with Gasteiger partial charge >= 0.3 is 0 Å². The van der Waals surface area contributed by atoms with Gasteiger partial charge in [-0.15, -0.1) is 0 Å². The van der Waals surface area contributed by atoms with Crippen LogP contribution < -0.4 is 4.90 Å². The van der Waals surface area contributed by atoms with Crippen molar-refractivity contribution in [2.45, 2.75) is 26.2 Å². The van der Waals surface area contributed by atoms with Crippen LogP contribution in [-0.2, 0) is 4.79 Å². The SMILES string of the molecule is CC(=O)CCCCN(C)c1cccc(F)c1. The summed E-state index contributed by atoms with van der Waals surface area (Å²) in [4.78, 5) is 12.7. The fourth-order valence-corrected chi connectivity index (χ4v) is 1.57. The number of Topliss-reactive ketones (excluding diaryl/α,β-unsaturated/α-hetero) is 1. The number of anilines is 1. The number of halogens is 1. The molecule has 1 rings (SSSR count). The molecule has 0 aliphatic heterocycles. The molecule has 0 bridgehead atoms. The van der Waals surface area contributed by atoms with Gasteiger partial charge in [0.15, 0.2) is 0 Å². The van der Waals surface area contributed by atoms with E-state index in [1.807, 2.05) is 18.0 Å². The molecule has 2 nitrogen and oxygen atoms in total. The standard InChI is InChI=1S/C13H18FNO/c1-11(16)6-3-4-9-15(2)13-8-5-7-12(14)10-13/h5,7-8,10H,3-4,6,9H2,1-2H3. The summed E-state index contributed by atoms with van der Waals surface area (Å²) in [5.74, 6) is 0.0153. The summed E-state index contributed by atoms with van der Waals surface area (Å²) in [5, 5.41) is 0. The molecule has 0 amide bonds. The molecule has 0 aliphatic rings. The number of unbranched alkanes of at least 4 members (excludes halogenated alkanes) is 1. The van der Waals surface area contributed by atoms with E-state index in [-0.39, 0.29) is 11.6 Å². The summed E-state index contributed by atoms with van der Waals surface area (Å²) in [6, 6.07) is 6.54. The molecule has 16 heavy (non-hydrogen) atoms. The molecule has 0 saturated carbocycles. The van der Waals surface area contributed by atoms with Crippen molar-refractivity contribution < 1.29 is 9.18 Å². The van der Waals surface area contributed by atoms with Crippen molar-refractivity contribution in [1.29, 1.82) is 0 Å². The minimum Gasteiger partial charge on any atom is -0.375 e. The third-order valence-corrected chi connectivity index (χ3v) is 2.52. The van der Waals surface area contributed by atoms with E-state index in [1.54, 1.807) is 13.0 Å². The van der Waals surface area contributed by atoms with E-state index in [1.165, 1.54) is 12.1 Å². The Morgan fingerprint density at radius 1 is 1.38 bits per heavy atom. The lowest BCUT2D eigenvalue weighted by molar-refractivity contribution is -0.117. The van der Waals surface area contributed by atoms with Gasteiger partial charge in [0.05, 0.1) is 0 Å². The first-order valence-corrected chi connectivity index (χ1v) is 5.56. The van der Waals surface area contributed by atoms with Gasteiger partial charge in [0.1, 0.15) is 11.6 Å². The predicted octanol–water partition coefficient (Wildman–Crippen LogP) is 3.02. The zero-order valence-corrected chi connectivity index (χ0v) is 9.87. The molecule has 3 heteroatoms. The van der Waals surface area contributed by atoms with E-state index in [4.69, 9.17) is 0 Å². The summed E-state index contributed by atoms with van der Waals surface area (Å²) in [6.45, 7) is 2.45. The zero-order valence-electron chi connectivity index (χ0n) is 9.87. The second kappa shape index (κ2) is 6.26. The Morgan fingerprint density at radius 2 is 2.12 bits per heavy atom. The predicted molar refractivity (Wildman–Crippen MR) is 64.2 cm³/mol. The van der Waals surface area contributed by atoms with Gasteiger partial charge in [0.25, 0.3) is 0 Å². The van der Waals surface area contributed by atoms with Gasteiger partial charge in [-0.1, -0.05) is 6.07 Å². The quantitative estimate of drug-likeness (QED) is 0.691. The summed E-state index contributed by atoms with van der Waals surface area (Å²) in [5.41, 5.74) is 0.878. The van der Waals surface area contributed by atoms with Crippen LogP contribution in [0.15, 0.2) is 24.3 Å². The summed E-state index contributed by atoms with van der Waals surface area (Å²) in [7, 11) is 1.93. The van der Waals surface area contributed by atoms with Crippen LogP contribution >= 0.6 is 0 Å². The smallest absolute Gasteiger partial charge is 0.129 e. The maximum Gasteiger partial charge on any atom is 0.129 e. The van der Waals surface area contributed by atoms with Gasteiger partial charge in [-0.2, -0.15) is 0 Å². The summed E-state index contributed by atoms with van der Waals surface area (Å²) >= 11 is 0. The Labute approximate surface area is 96.1 Å². The Kier molecular flexibility index (Phi) is 4.96. The van der Waals surface area contributed by atoms with Gasteiger partial charge in [0.2, 0.25) is 0 Å². The van der Waals surface area contributed by atoms with E-state index in [0.717, 1.165) is 25.1 Å². The van der Waals surface area contributed by atoms with Crippen molar-refractivity contribution in [2.75, 3.05) is 18.5 Å². The fraction of sp³-hybridized carbons (Fsp3) is 0.462. The van der Waals surface area contributed by atoms with Crippen molar-refractivity contribution in [3.63, 3.8) is 0 Å². The third kappa shape index (κ3) is 4.43. The highest BCUT2D eigenvalue weighted by Gasteiger charge is 2.02. The molecule has 0 aromatic heterocycles. The Balaban J connectivity index is 2.35. The van der Waals surface area contributed by atoms with Gasteiger partial charge < -0.3 is 9.69 Å². The Hall–Kier alpha value is -1.38. The molecule has 0 unspecified atom stereocenters. The average Bonchev–Trinajstić information content (AvgIpc) is 2.24. The molecule has 0 aliphatic carbocycles. The third-order valence-electron chi connectivity index (χ3n) is 2.52. The molecular formula is C13H18FNO. The number of benzene rings is 1. The normalized spacial score (nSPS) is 10.2. The molecule has 0 saturated heterocycles. The van der Waals surface area contributed by atoms with Crippen LogP contribution in [0.4, 0.5) is 10.1 Å². The summed E-state index contributed by atoms with van der Waals surface area (Å²) in [6.07, 6.45) is 2.48. The second-order valence-electron chi connectivity index (χ2n) is 4.06. The van der Waals surface area contributed by atoms with Crippen LogP contribution in [-0.4, -0.2) is 19.4 Å². The van der Waals surface area contributed by atoms with Crippen molar-refractivity contribution in [3.05, 3.63) is 30.1 Å². The number of nitrogens with zero attached hydrogens (tertiary/aromatic N) is 1. The van der Waals surface area contributed by atoms with Crippen molar-refractivity contribution >= 4 is 11.5 Å². The van der Waals surface area contributed by atoms with Crippen LogP contribution in [0, 0.1) is 5.82 Å². The molecule has 88 valence electrons. The molecule has 0 spiro atoms. The molecule has 0 fully saturated rings. The highest BCUT2D eigenvalue weighted by atomic mass is 19.1. The van der Waals surface area contributed by atoms with Gasteiger partial charge in [-0.25, -0.2) is 4.39 Å². The van der Waals surface area contributed by atoms with E-state index in [0.29, 0.717) is 6.42 Å². The summed E-state index contributed by atoms with van der Waals surface area (Å²) < 4.78 is 13.0. The first-order chi connectivity index (χ1) is 7.59. The monoisotopic (exact) mass is 223 g/mol. The minimum absolute atomic E-state index is 0.215. The maximum absolute atomic E-state index is 13.0. The van der Waals surface area contributed by atoms with Crippen molar-refractivity contribution in [1.82, 2.24) is 0 Å². The molecule has 0 heterocycles. The number of hydrogen-bond acceptors (Lipinski definition) is 2. The number of hydrogen-bond donors (Lipinski definition) is 0. The van der Waals surface area contributed by atoms with Gasteiger partial charge in [-0.3, -0.25) is 0 Å². The minimum atomic E-state index is -0.215. The van der Waals surface area contributed by atoms with Crippen molar-refractivity contribution in [3.8, 4) is 0 Å². The molecule has 0 radical (unpaired) electrons. The first-order valence-electron chi connectivity index (χ1n) is 5.56. The topological polar surface area (TPSA) is 20.3 Å². The zero-order chi connectivity index (χ0) is 12.0. The van der Waals surface area contributed by atoms with Crippen LogP contribution in [0.25, 0.3) is 0 Å². The van der Waals surface area contributed by atoms with Crippen molar-refractivity contribution in [2.24, 2.45) is 0 Å². The van der Waals surface area contributed by atoms with Crippen LogP contribution in [0.5, 0.6) is 0 Å². The number of carbonyl (C=O) groups is 1. The lowest BCUT2D eigenvalue weighted by Crippen LogP contribution is -2.18. The molecule has 1 aromatic rings. The Bertz CT molecular complexity index is 352. The maximum atomic E-state index is 13.0. The number of ketones is 1. The highest BCUT2D eigenvalue weighted by Crippen LogP contribution is 2.14. The number of carbonyl (C=O) groups excluding carboxylic acids is 1. The lowest BCUT2D eigenvalue weighted by atomic mass is 10.2.